The van der Waals surface area contributed by atoms with Crippen LogP contribution in [0.3, 0.4) is 0 Å². The molecule has 0 N–H and O–H groups in total. The maximum atomic E-state index is 13.1. The normalized spacial score (nSPS) is 12.5. The molecule has 0 bridgehead atoms. The summed E-state index contributed by atoms with van der Waals surface area (Å²) in [5.41, 5.74) is 7.38. The number of benzene rings is 3. The lowest BCUT2D eigenvalue weighted by atomic mass is 9.69. The van der Waals surface area contributed by atoms with Gasteiger partial charge >= 0.3 is 5.97 Å². The maximum Gasteiger partial charge on any atom is 0.312 e. The second kappa shape index (κ2) is 11.4. The van der Waals surface area contributed by atoms with Gasteiger partial charge < -0.3 is 14.2 Å². The summed E-state index contributed by atoms with van der Waals surface area (Å²) in [6, 6.07) is 18.4. The minimum absolute atomic E-state index is 0.257. The molecule has 1 atom stereocenters. The number of esters is 1. The third-order valence-electron chi connectivity index (χ3n) is 7.42. The van der Waals surface area contributed by atoms with Crippen LogP contribution in [0.2, 0.25) is 0 Å². The number of carbonyl (C=O) groups is 1. The topological polar surface area (TPSA) is 75.5 Å². The molecule has 1 unspecified atom stereocenters. The number of fused-ring (bicyclic) bond motifs is 1. The van der Waals surface area contributed by atoms with Crippen molar-refractivity contribution in [1.82, 2.24) is 15.0 Å². The Hall–Kier alpha value is -3.71. The van der Waals surface area contributed by atoms with Gasteiger partial charge in [-0.05, 0) is 86.2 Å². The summed E-state index contributed by atoms with van der Waals surface area (Å²) in [5, 5.41) is 8.76. The highest BCUT2D eigenvalue weighted by atomic mass is 16.5. The molecule has 0 fully saturated rings. The Balaban J connectivity index is 1.70. The number of methoxy groups -OCH3 is 2. The van der Waals surface area contributed by atoms with Crippen molar-refractivity contribution < 1.29 is 19.0 Å². The third kappa shape index (κ3) is 5.29. The summed E-state index contributed by atoms with van der Waals surface area (Å²) in [4.78, 5) is 13.1. The molecule has 0 aliphatic rings. The summed E-state index contributed by atoms with van der Waals surface area (Å²) in [6.45, 7) is 11.8. The monoisotopic (exact) mass is 515 g/mol. The molecule has 1 aromatic heterocycles. The zero-order valence-corrected chi connectivity index (χ0v) is 23.4. The fourth-order valence-electron chi connectivity index (χ4n) is 5.12. The SMILES string of the molecule is CCn1nnc2c(C)c(C(c3ccc(C)c(COCc4ccc(OC)cc4)c3)C(C)(C)C(=O)OC)ccc21. The number of rotatable bonds is 10. The van der Waals surface area contributed by atoms with E-state index in [1.165, 1.54) is 7.11 Å². The lowest BCUT2D eigenvalue weighted by Gasteiger charge is -2.34. The third-order valence-corrected chi connectivity index (χ3v) is 7.42. The average molecular weight is 516 g/mol. The molecule has 4 rings (SSSR count). The molecule has 0 spiro atoms. The largest absolute Gasteiger partial charge is 0.497 e. The second-order valence-corrected chi connectivity index (χ2v) is 10.2. The number of hydrogen-bond acceptors (Lipinski definition) is 6. The molecule has 0 radical (unpaired) electrons. The number of hydrogen-bond donors (Lipinski definition) is 0. The number of carbonyl (C=O) groups excluding carboxylic acids is 1. The molecule has 0 saturated heterocycles. The van der Waals surface area contributed by atoms with Crippen LogP contribution in [0, 0.1) is 19.3 Å². The quantitative estimate of drug-likeness (QED) is 0.237. The predicted octanol–water partition coefficient (Wildman–Crippen LogP) is 6.12. The van der Waals surface area contributed by atoms with Gasteiger partial charge in [-0.3, -0.25) is 4.79 Å². The highest BCUT2D eigenvalue weighted by molar-refractivity contribution is 5.82. The van der Waals surface area contributed by atoms with Gasteiger partial charge in [0, 0.05) is 12.5 Å². The summed E-state index contributed by atoms with van der Waals surface area (Å²) in [7, 11) is 3.10. The van der Waals surface area contributed by atoms with Gasteiger partial charge in [0.15, 0.2) is 0 Å². The minimum atomic E-state index is -0.829. The van der Waals surface area contributed by atoms with Gasteiger partial charge in [-0.1, -0.05) is 41.6 Å². The van der Waals surface area contributed by atoms with Crippen molar-refractivity contribution in [2.75, 3.05) is 14.2 Å². The Kier molecular flexibility index (Phi) is 8.17. The van der Waals surface area contributed by atoms with Crippen LogP contribution in [0.4, 0.5) is 0 Å². The van der Waals surface area contributed by atoms with E-state index >= 15 is 0 Å². The Morgan fingerprint density at radius 1 is 1.00 bits per heavy atom. The lowest BCUT2D eigenvalue weighted by Crippen LogP contribution is -2.34. The van der Waals surface area contributed by atoms with Gasteiger partial charge in [-0.25, -0.2) is 4.68 Å². The molecule has 7 nitrogen and oxygen atoms in total. The van der Waals surface area contributed by atoms with Crippen molar-refractivity contribution in [3.8, 4) is 5.75 Å². The van der Waals surface area contributed by atoms with Crippen LogP contribution in [-0.2, 0) is 34.0 Å². The van der Waals surface area contributed by atoms with Crippen molar-refractivity contribution in [3.63, 3.8) is 0 Å². The van der Waals surface area contributed by atoms with Crippen molar-refractivity contribution in [1.29, 1.82) is 0 Å². The molecular weight excluding hydrogens is 478 g/mol. The number of nitrogens with zero attached hydrogens (tertiary/aromatic N) is 3. The Labute approximate surface area is 224 Å². The van der Waals surface area contributed by atoms with Gasteiger partial charge in [-0.15, -0.1) is 5.10 Å². The Morgan fingerprint density at radius 3 is 2.39 bits per heavy atom. The van der Waals surface area contributed by atoms with Crippen LogP contribution in [-0.4, -0.2) is 35.2 Å². The fourth-order valence-corrected chi connectivity index (χ4v) is 5.12. The van der Waals surface area contributed by atoms with Gasteiger partial charge in [0.25, 0.3) is 0 Å². The number of aryl methyl sites for hydroxylation is 3. The molecule has 1 heterocycles. The fraction of sp³-hybridized carbons (Fsp3) is 0.387. The first-order valence-electron chi connectivity index (χ1n) is 12.9. The van der Waals surface area contributed by atoms with E-state index in [0.29, 0.717) is 13.2 Å². The van der Waals surface area contributed by atoms with Gasteiger partial charge in [0.2, 0.25) is 0 Å². The summed E-state index contributed by atoms with van der Waals surface area (Å²) in [6.07, 6.45) is 0. The van der Waals surface area contributed by atoms with E-state index in [2.05, 4.69) is 54.5 Å². The van der Waals surface area contributed by atoms with Crippen molar-refractivity contribution in [2.24, 2.45) is 5.41 Å². The lowest BCUT2D eigenvalue weighted by molar-refractivity contribution is -0.151. The molecular formula is C31H37N3O4. The summed E-state index contributed by atoms with van der Waals surface area (Å²) in [5.74, 6) is 0.298. The molecule has 38 heavy (non-hydrogen) atoms. The zero-order chi connectivity index (χ0) is 27.4. The molecule has 0 amide bonds. The zero-order valence-electron chi connectivity index (χ0n) is 23.4. The number of ether oxygens (including phenoxy) is 3. The maximum absolute atomic E-state index is 13.1. The highest BCUT2D eigenvalue weighted by Gasteiger charge is 2.41. The van der Waals surface area contributed by atoms with E-state index in [1.807, 2.05) is 49.7 Å². The first-order valence-corrected chi connectivity index (χ1v) is 12.9. The highest BCUT2D eigenvalue weighted by Crippen LogP contribution is 2.44. The molecule has 0 aliphatic heterocycles. The molecule has 3 aromatic carbocycles. The Morgan fingerprint density at radius 2 is 1.74 bits per heavy atom. The van der Waals surface area contributed by atoms with Crippen LogP contribution >= 0.6 is 0 Å². The standard InChI is InChI=1S/C31H37N3O4/c1-8-34-27-16-15-26(21(3)29(27)32-33-34)28(31(4,5)30(35)37-7)23-12-9-20(2)24(17-23)19-38-18-22-10-13-25(36-6)14-11-22/h9-17,28H,8,18-19H2,1-7H3. The van der Waals surface area contributed by atoms with Crippen LogP contribution in [0.25, 0.3) is 11.0 Å². The summed E-state index contributed by atoms with van der Waals surface area (Å²) >= 11 is 0. The van der Waals surface area contributed by atoms with Gasteiger partial charge in [-0.2, -0.15) is 0 Å². The molecule has 7 heteroatoms. The van der Waals surface area contributed by atoms with E-state index < -0.39 is 5.41 Å². The van der Waals surface area contributed by atoms with Crippen LogP contribution in [0.5, 0.6) is 5.75 Å². The minimum Gasteiger partial charge on any atom is -0.497 e. The van der Waals surface area contributed by atoms with Crippen LogP contribution in [0.15, 0.2) is 54.6 Å². The van der Waals surface area contributed by atoms with Gasteiger partial charge in [0.1, 0.15) is 11.3 Å². The van der Waals surface area contributed by atoms with E-state index in [1.54, 1.807) is 7.11 Å². The predicted molar refractivity (Wildman–Crippen MR) is 148 cm³/mol. The van der Waals surface area contributed by atoms with E-state index in [0.717, 1.165) is 56.7 Å². The first kappa shape index (κ1) is 27.3. The molecule has 4 aromatic rings. The van der Waals surface area contributed by atoms with E-state index in [4.69, 9.17) is 14.2 Å². The van der Waals surface area contributed by atoms with E-state index in [-0.39, 0.29) is 11.9 Å². The molecule has 200 valence electrons. The molecule has 0 aliphatic carbocycles. The van der Waals surface area contributed by atoms with Gasteiger partial charge in [0.05, 0.1) is 38.4 Å². The molecule has 0 saturated carbocycles. The van der Waals surface area contributed by atoms with Crippen LogP contribution < -0.4 is 4.74 Å². The summed E-state index contributed by atoms with van der Waals surface area (Å²) < 4.78 is 18.5. The van der Waals surface area contributed by atoms with Crippen molar-refractivity contribution >= 4 is 17.0 Å². The van der Waals surface area contributed by atoms with Crippen molar-refractivity contribution in [2.45, 2.75) is 60.3 Å². The second-order valence-electron chi connectivity index (χ2n) is 10.2. The van der Waals surface area contributed by atoms with E-state index in [9.17, 15) is 4.79 Å². The van der Waals surface area contributed by atoms with Crippen LogP contribution in [0.1, 0.15) is 60.1 Å². The average Bonchev–Trinajstić information content (AvgIpc) is 3.35. The number of aromatic nitrogens is 3. The Bertz CT molecular complexity index is 1420. The first-order chi connectivity index (χ1) is 18.2. The van der Waals surface area contributed by atoms with Crippen molar-refractivity contribution in [3.05, 3.63) is 88.0 Å². The smallest absolute Gasteiger partial charge is 0.312 e.